The molecule has 2 N–H and O–H groups in total. The van der Waals surface area contributed by atoms with Crippen LogP contribution in [-0.4, -0.2) is 51.4 Å². The number of hydrogen-bond acceptors (Lipinski definition) is 5. The van der Waals surface area contributed by atoms with Gasteiger partial charge >= 0.3 is 0 Å². The first kappa shape index (κ1) is 24.6. The Morgan fingerprint density at radius 2 is 1.68 bits per heavy atom. The Hall–Kier alpha value is -2.62. The van der Waals surface area contributed by atoms with Gasteiger partial charge in [-0.25, -0.2) is 13.1 Å². The molecule has 2 amide bonds. The SMILES string of the molecule is CN(C)C(=O)COc1ccc(NC(=O)c2ccc(Cl)c(S(=O)(=O)NC(C)(C)C)c2)cc1. The molecule has 0 unspecified atom stereocenters. The van der Waals surface area contributed by atoms with Gasteiger partial charge in [0, 0.05) is 30.9 Å². The van der Waals surface area contributed by atoms with Gasteiger partial charge in [-0.1, -0.05) is 11.6 Å². The van der Waals surface area contributed by atoms with Gasteiger partial charge in [0.2, 0.25) is 10.0 Å². The first-order chi connectivity index (χ1) is 14.3. The lowest BCUT2D eigenvalue weighted by Gasteiger charge is -2.21. The van der Waals surface area contributed by atoms with Crippen LogP contribution in [-0.2, 0) is 14.8 Å². The summed E-state index contributed by atoms with van der Waals surface area (Å²) in [6.45, 7) is 5.03. The lowest BCUT2D eigenvalue weighted by Crippen LogP contribution is -2.40. The number of nitrogens with one attached hydrogen (secondary N) is 2. The third-order valence-corrected chi connectivity index (χ3v) is 6.14. The van der Waals surface area contributed by atoms with Crippen molar-refractivity contribution in [1.82, 2.24) is 9.62 Å². The Morgan fingerprint density at radius 1 is 1.06 bits per heavy atom. The largest absolute Gasteiger partial charge is 0.484 e. The first-order valence-electron chi connectivity index (χ1n) is 9.36. The number of rotatable bonds is 7. The zero-order valence-electron chi connectivity index (χ0n) is 18.0. The average molecular weight is 468 g/mol. The topological polar surface area (TPSA) is 105 Å². The van der Waals surface area contributed by atoms with E-state index >= 15 is 0 Å². The molecule has 168 valence electrons. The lowest BCUT2D eigenvalue weighted by molar-refractivity contribution is -0.130. The molecule has 0 atom stereocenters. The van der Waals surface area contributed by atoms with Crippen molar-refractivity contribution in [3.05, 3.63) is 53.1 Å². The zero-order chi connectivity index (χ0) is 23.4. The molecule has 0 radical (unpaired) electrons. The summed E-state index contributed by atoms with van der Waals surface area (Å²) < 4.78 is 33.1. The van der Waals surface area contributed by atoms with Crippen molar-refractivity contribution in [2.24, 2.45) is 0 Å². The first-order valence-corrected chi connectivity index (χ1v) is 11.2. The van der Waals surface area contributed by atoms with Crippen LogP contribution in [0.3, 0.4) is 0 Å². The average Bonchev–Trinajstić information content (AvgIpc) is 2.65. The molecule has 2 rings (SSSR count). The van der Waals surface area contributed by atoms with Gasteiger partial charge < -0.3 is 15.0 Å². The van der Waals surface area contributed by atoms with Crippen LogP contribution < -0.4 is 14.8 Å². The normalized spacial score (nSPS) is 11.7. The monoisotopic (exact) mass is 467 g/mol. The van der Waals surface area contributed by atoms with Gasteiger partial charge in [-0.3, -0.25) is 9.59 Å². The molecule has 0 spiro atoms. The quantitative estimate of drug-likeness (QED) is 0.650. The van der Waals surface area contributed by atoms with E-state index in [9.17, 15) is 18.0 Å². The molecule has 0 fully saturated rings. The number of carbonyl (C=O) groups is 2. The molecule has 10 heteroatoms. The van der Waals surface area contributed by atoms with E-state index in [1.165, 1.54) is 23.1 Å². The second kappa shape index (κ2) is 9.67. The minimum absolute atomic E-state index is 0.0158. The van der Waals surface area contributed by atoms with E-state index in [0.717, 1.165) is 0 Å². The Kier molecular flexibility index (Phi) is 7.69. The van der Waals surface area contributed by atoms with Crippen molar-refractivity contribution < 1.29 is 22.7 Å². The molecule has 0 aliphatic heterocycles. The summed E-state index contributed by atoms with van der Waals surface area (Å²) >= 11 is 6.07. The Balaban J connectivity index is 2.13. The van der Waals surface area contributed by atoms with Crippen LogP contribution in [0.1, 0.15) is 31.1 Å². The van der Waals surface area contributed by atoms with E-state index in [-0.39, 0.29) is 28.0 Å². The predicted molar refractivity (Wildman–Crippen MR) is 120 cm³/mol. The molecule has 0 bridgehead atoms. The summed E-state index contributed by atoms with van der Waals surface area (Å²) in [5.74, 6) is -0.200. The molecule has 0 heterocycles. The van der Waals surface area contributed by atoms with E-state index < -0.39 is 21.5 Å². The van der Waals surface area contributed by atoms with Gasteiger partial charge in [-0.05, 0) is 63.2 Å². The zero-order valence-corrected chi connectivity index (χ0v) is 19.6. The van der Waals surface area contributed by atoms with E-state index in [2.05, 4.69) is 10.0 Å². The second-order valence-corrected chi connectivity index (χ2v) is 10.1. The maximum Gasteiger partial charge on any atom is 0.259 e. The highest BCUT2D eigenvalue weighted by Crippen LogP contribution is 2.25. The number of hydrogen-bond donors (Lipinski definition) is 2. The molecule has 0 aliphatic rings. The summed E-state index contributed by atoms with van der Waals surface area (Å²) in [5.41, 5.74) is -0.0967. The number of anilines is 1. The fourth-order valence-corrected chi connectivity index (χ4v) is 4.37. The molecule has 0 aromatic heterocycles. The summed E-state index contributed by atoms with van der Waals surface area (Å²) in [5, 5.41) is 2.70. The van der Waals surface area contributed by atoms with E-state index in [1.54, 1.807) is 59.1 Å². The fourth-order valence-electron chi connectivity index (χ4n) is 2.42. The number of sulfonamides is 1. The van der Waals surface area contributed by atoms with Crippen LogP contribution >= 0.6 is 11.6 Å². The van der Waals surface area contributed by atoms with Crippen molar-refractivity contribution in [3.8, 4) is 5.75 Å². The molecule has 8 nitrogen and oxygen atoms in total. The molecule has 0 aliphatic carbocycles. The Labute approximate surface area is 187 Å². The highest BCUT2D eigenvalue weighted by atomic mass is 35.5. The summed E-state index contributed by atoms with van der Waals surface area (Å²) in [7, 11) is -0.640. The number of nitrogens with zero attached hydrogens (tertiary/aromatic N) is 1. The molecule has 2 aromatic carbocycles. The molecule has 0 saturated heterocycles. The van der Waals surface area contributed by atoms with Crippen molar-refractivity contribution >= 4 is 39.1 Å². The van der Waals surface area contributed by atoms with Gasteiger partial charge in [-0.15, -0.1) is 0 Å². The number of likely N-dealkylation sites (N-methyl/N-ethyl adjacent to an activating group) is 1. The van der Waals surface area contributed by atoms with Crippen molar-refractivity contribution in [2.75, 3.05) is 26.0 Å². The second-order valence-electron chi connectivity index (χ2n) is 8.06. The lowest BCUT2D eigenvalue weighted by atomic mass is 10.1. The van der Waals surface area contributed by atoms with Gasteiger partial charge in [0.15, 0.2) is 6.61 Å². The smallest absolute Gasteiger partial charge is 0.259 e. The third kappa shape index (κ3) is 7.23. The molecule has 0 saturated carbocycles. The van der Waals surface area contributed by atoms with Crippen LogP contribution in [0.4, 0.5) is 5.69 Å². The highest BCUT2D eigenvalue weighted by Gasteiger charge is 2.25. The van der Waals surface area contributed by atoms with Crippen molar-refractivity contribution in [2.45, 2.75) is 31.2 Å². The van der Waals surface area contributed by atoms with Gasteiger partial charge in [-0.2, -0.15) is 0 Å². The van der Waals surface area contributed by atoms with Crippen LogP contribution in [0, 0.1) is 0 Å². The summed E-state index contributed by atoms with van der Waals surface area (Å²) in [6.07, 6.45) is 0. The number of amides is 2. The van der Waals surface area contributed by atoms with Crippen LogP contribution in [0.2, 0.25) is 5.02 Å². The van der Waals surface area contributed by atoms with Gasteiger partial charge in [0.25, 0.3) is 11.8 Å². The minimum Gasteiger partial charge on any atom is -0.484 e. The van der Waals surface area contributed by atoms with Crippen molar-refractivity contribution in [3.63, 3.8) is 0 Å². The molecule has 31 heavy (non-hydrogen) atoms. The van der Waals surface area contributed by atoms with Crippen LogP contribution in [0.25, 0.3) is 0 Å². The van der Waals surface area contributed by atoms with Crippen molar-refractivity contribution in [1.29, 1.82) is 0 Å². The summed E-state index contributed by atoms with van der Waals surface area (Å²) in [6, 6.07) is 10.5. The highest BCUT2D eigenvalue weighted by molar-refractivity contribution is 7.89. The maximum absolute atomic E-state index is 12.6. The Morgan fingerprint density at radius 3 is 2.23 bits per heavy atom. The van der Waals surface area contributed by atoms with Gasteiger partial charge in [0.05, 0.1) is 5.02 Å². The Bertz CT molecular complexity index is 1060. The fraction of sp³-hybridized carbons (Fsp3) is 0.333. The van der Waals surface area contributed by atoms with Crippen LogP contribution in [0.5, 0.6) is 5.75 Å². The number of ether oxygens (including phenoxy) is 1. The van der Waals surface area contributed by atoms with E-state index in [1.807, 2.05) is 0 Å². The van der Waals surface area contributed by atoms with Gasteiger partial charge in [0.1, 0.15) is 10.6 Å². The van der Waals surface area contributed by atoms with E-state index in [4.69, 9.17) is 16.3 Å². The van der Waals surface area contributed by atoms with Crippen LogP contribution in [0.15, 0.2) is 47.4 Å². The summed E-state index contributed by atoms with van der Waals surface area (Å²) in [4.78, 5) is 25.4. The number of benzene rings is 2. The minimum atomic E-state index is -3.91. The molecular weight excluding hydrogens is 442 g/mol. The molecule has 2 aromatic rings. The number of halogens is 1. The third-order valence-electron chi connectivity index (χ3n) is 3.90. The van der Waals surface area contributed by atoms with E-state index in [0.29, 0.717) is 11.4 Å². The standard InChI is InChI=1S/C21H26ClN3O5S/c1-21(2,3)24-31(28,29)18-12-14(6-11-17(18)22)20(27)23-15-7-9-16(10-8-15)30-13-19(26)25(4)5/h6-12,24H,13H2,1-5H3,(H,23,27). The number of carbonyl (C=O) groups excluding carboxylic acids is 2. The predicted octanol–water partition coefficient (Wildman–Crippen LogP) is 3.14. The molecular formula is C21H26ClN3O5S. The maximum atomic E-state index is 12.6.